The minimum atomic E-state index is -0.872. The fourth-order valence-corrected chi connectivity index (χ4v) is 2.48. The molecule has 1 aromatic heterocycles. The number of ether oxygens (including phenoxy) is 1. The molecule has 6 nitrogen and oxygen atoms in total. The Kier molecular flexibility index (Phi) is 4.16. The van der Waals surface area contributed by atoms with E-state index < -0.39 is 16.8 Å². The van der Waals surface area contributed by atoms with Crippen LogP contribution in [0.5, 0.6) is 10.8 Å². The van der Waals surface area contributed by atoms with Crippen molar-refractivity contribution in [1.29, 1.82) is 5.26 Å². The van der Waals surface area contributed by atoms with Crippen LogP contribution in [0.4, 0.5) is 10.1 Å². The van der Waals surface area contributed by atoms with Crippen molar-refractivity contribution in [2.75, 3.05) is 0 Å². The van der Waals surface area contributed by atoms with E-state index in [1.807, 2.05) is 0 Å². The van der Waals surface area contributed by atoms with Crippen LogP contribution in [0.25, 0.3) is 0 Å². The lowest BCUT2D eigenvalue weighted by Gasteiger charge is -2.03. The topological polar surface area (TPSA) is 96.4 Å². The fraction of sp³-hybridized carbons (Fsp3) is 0.154. The van der Waals surface area contributed by atoms with Gasteiger partial charge in [-0.1, -0.05) is 11.3 Å². The predicted molar refractivity (Wildman–Crippen MR) is 72.8 cm³/mol. The molecule has 1 atom stereocenters. The molecule has 21 heavy (non-hydrogen) atoms. The van der Waals surface area contributed by atoms with Gasteiger partial charge in [0.15, 0.2) is 0 Å². The van der Waals surface area contributed by atoms with E-state index in [0.29, 0.717) is 4.88 Å². The van der Waals surface area contributed by atoms with Crippen molar-refractivity contribution in [2.45, 2.75) is 13.0 Å². The molecule has 108 valence electrons. The molecule has 0 aliphatic heterocycles. The highest BCUT2D eigenvalue weighted by molar-refractivity contribution is 7.14. The minimum absolute atomic E-state index is 0.0357. The third-order valence-electron chi connectivity index (χ3n) is 2.58. The number of nitriles is 1. The number of rotatable bonds is 4. The molecule has 0 bridgehead atoms. The van der Waals surface area contributed by atoms with Gasteiger partial charge in [-0.3, -0.25) is 10.1 Å². The monoisotopic (exact) mass is 308 g/mol. The number of halogens is 1. The van der Waals surface area contributed by atoms with Crippen molar-refractivity contribution in [3.05, 3.63) is 50.6 Å². The Morgan fingerprint density at radius 3 is 2.76 bits per heavy atom. The van der Waals surface area contributed by atoms with Gasteiger partial charge in [0, 0.05) is 17.0 Å². The molecule has 1 heterocycles. The molecule has 1 N–H and O–H groups in total. The van der Waals surface area contributed by atoms with Crippen LogP contribution < -0.4 is 4.74 Å². The second-order valence-corrected chi connectivity index (χ2v) is 5.16. The van der Waals surface area contributed by atoms with E-state index >= 15 is 0 Å². The first-order valence-electron chi connectivity index (χ1n) is 5.76. The van der Waals surface area contributed by atoms with Crippen LogP contribution in [0.3, 0.4) is 0 Å². The molecule has 0 amide bonds. The molecular formula is C13H9FN2O4S. The quantitative estimate of drug-likeness (QED) is 0.688. The second kappa shape index (κ2) is 5.87. The summed E-state index contributed by atoms with van der Waals surface area (Å²) in [6.45, 7) is 1.47. The molecule has 2 rings (SSSR count). The van der Waals surface area contributed by atoms with E-state index in [1.54, 1.807) is 6.07 Å². The SMILES string of the molecule is C[C@H](O)c1cc([N+](=O)[O-])c(Oc2ccc(C#N)c(F)c2)s1. The summed E-state index contributed by atoms with van der Waals surface area (Å²) in [5.41, 5.74) is -0.451. The van der Waals surface area contributed by atoms with Crippen LogP contribution >= 0.6 is 11.3 Å². The minimum Gasteiger partial charge on any atom is -0.440 e. The first-order chi connectivity index (χ1) is 9.92. The molecule has 0 aliphatic carbocycles. The number of hydrogen-bond acceptors (Lipinski definition) is 6. The zero-order valence-electron chi connectivity index (χ0n) is 10.7. The second-order valence-electron chi connectivity index (χ2n) is 4.11. The van der Waals surface area contributed by atoms with Crippen molar-refractivity contribution in [1.82, 2.24) is 0 Å². The average Bonchev–Trinajstić information content (AvgIpc) is 2.83. The predicted octanol–water partition coefficient (Wildman–Crippen LogP) is 3.51. The van der Waals surface area contributed by atoms with Crippen LogP contribution in [-0.4, -0.2) is 10.0 Å². The number of benzene rings is 1. The molecule has 0 spiro atoms. The standard InChI is InChI=1S/C13H9FN2O4S/c1-7(17)12-5-11(16(18)19)13(21-12)20-9-3-2-8(6-15)10(14)4-9/h2-5,7,17H,1H3/t7-/m0/s1. The summed E-state index contributed by atoms with van der Waals surface area (Å²) in [6.07, 6.45) is -0.872. The van der Waals surface area contributed by atoms with Gasteiger partial charge in [0.1, 0.15) is 17.6 Å². The molecule has 0 aliphatic rings. The fourth-order valence-electron chi connectivity index (χ4n) is 1.55. The van der Waals surface area contributed by atoms with E-state index in [1.165, 1.54) is 25.1 Å². The molecule has 2 aromatic rings. The van der Waals surface area contributed by atoms with Gasteiger partial charge >= 0.3 is 5.69 Å². The maximum atomic E-state index is 13.5. The molecule has 1 aromatic carbocycles. The van der Waals surface area contributed by atoms with E-state index in [2.05, 4.69) is 0 Å². The van der Waals surface area contributed by atoms with Gasteiger partial charge in [-0.25, -0.2) is 4.39 Å². The van der Waals surface area contributed by atoms with Crippen molar-refractivity contribution < 1.29 is 19.2 Å². The Morgan fingerprint density at radius 1 is 1.52 bits per heavy atom. The van der Waals surface area contributed by atoms with E-state index in [0.717, 1.165) is 17.4 Å². The lowest BCUT2D eigenvalue weighted by Crippen LogP contribution is -1.91. The Bertz CT molecular complexity index is 736. The lowest BCUT2D eigenvalue weighted by atomic mass is 10.2. The first kappa shape index (κ1) is 14.9. The first-order valence-corrected chi connectivity index (χ1v) is 6.57. The van der Waals surface area contributed by atoms with Gasteiger partial charge in [-0.2, -0.15) is 5.26 Å². The molecule has 0 unspecified atom stereocenters. The summed E-state index contributed by atoms with van der Waals surface area (Å²) < 4.78 is 18.8. The van der Waals surface area contributed by atoms with Gasteiger partial charge in [0.25, 0.3) is 5.06 Å². The van der Waals surface area contributed by atoms with E-state index in [4.69, 9.17) is 10.00 Å². The molecule has 8 heteroatoms. The summed E-state index contributed by atoms with van der Waals surface area (Å²) in [7, 11) is 0. The normalized spacial score (nSPS) is 11.7. The zero-order chi connectivity index (χ0) is 15.6. The number of nitro groups is 1. The van der Waals surface area contributed by atoms with Gasteiger partial charge in [0.05, 0.1) is 16.6 Å². The van der Waals surface area contributed by atoms with Crippen LogP contribution in [0.2, 0.25) is 0 Å². The summed E-state index contributed by atoms with van der Waals surface area (Å²) in [6, 6.07) is 6.42. The van der Waals surface area contributed by atoms with Crippen molar-refractivity contribution >= 4 is 17.0 Å². The number of thiophene rings is 1. The summed E-state index contributed by atoms with van der Waals surface area (Å²) in [5.74, 6) is -0.737. The number of aliphatic hydroxyl groups is 1. The Labute approximate surface area is 122 Å². The van der Waals surface area contributed by atoms with Gasteiger partial charge in [-0.15, -0.1) is 0 Å². The van der Waals surface area contributed by atoms with Crippen molar-refractivity contribution in [3.8, 4) is 16.9 Å². The number of aliphatic hydroxyl groups excluding tert-OH is 1. The smallest absolute Gasteiger partial charge is 0.323 e. The Balaban J connectivity index is 2.37. The zero-order valence-corrected chi connectivity index (χ0v) is 11.6. The lowest BCUT2D eigenvalue weighted by molar-refractivity contribution is -0.385. The van der Waals surface area contributed by atoms with E-state index in [-0.39, 0.29) is 22.1 Å². The molecule has 0 saturated carbocycles. The van der Waals surface area contributed by atoms with Crippen molar-refractivity contribution in [3.63, 3.8) is 0 Å². The van der Waals surface area contributed by atoms with Gasteiger partial charge in [-0.05, 0) is 19.1 Å². The average molecular weight is 308 g/mol. The Morgan fingerprint density at radius 2 is 2.24 bits per heavy atom. The summed E-state index contributed by atoms with van der Waals surface area (Å²) in [4.78, 5) is 10.7. The Hall–Kier alpha value is -2.50. The number of hydrogen-bond donors (Lipinski definition) is 1. The highest BCUT2D eigenvalue weighted by Crippen LogP contribution is 2.42. The summed E-state index contributed by atoms with van der Waals surface area (Å²) in [5, 5.41) is 29.0. The van der Waals surface area contributed by atoms with Gasteiger partial charge < -0.3 is 9.84 Å². The molecule has 0 fully saturated rings. The third-order valence-corrected chi connectivity index (χ3v) is 3.75. The third kappa shape index (κ3) is 3.16. The van der Waals surface area contributed by atoms with Crippen LogP contribution in [0.1, 0.15) is 23.5 Å². The largest absolute Gasteiger partial charge is 0.440 e. The number of nitrogens with zero attached hydrogens (tertiary/aromatic N) is 2. The highest BCUT2D eigenvalue weighted by Gasteiger charge is 2.23. The maximum absolute atomic E-state index is 13.5. The van der Waals surface area contributed by atoms with Crippen molar-refractivity contribution in [2.24, 2.45) is 0 Å². The maximum Gasteiger partial charge on any atom is 0.323 e. The van der Waals surface area contributed by atoms with Gasteiger partial charge in [0.2, 0.25) is 0 Å². The molecule has 0 radical (unpaired) electrons. The van der Waals surface area contributed by atoms with Crippen LogP contribution in [0, 0.1) is 27.3 Å². The van der Waals surface area contributed by atoms with Crippen LogP contribution in [0.15, 0.2) is 24.3 Å². The molecule has 0 saturated heterocycles. The highest BCUT2D eigenvalue weighted by atomic mass is 32.1. The molecular weight excluding hydrogens is 299 g/mol. The summed E-state index contributed by atoms with van der Waals surface area (Å²) >= 11 is 0.905. The van der Waals surface area contributed by atoms with E-state index in [9.17, 15) is 19.6 Å². The van der Waals surface area contributed by atoms with Crippen LogP contribution in [-0.2, 0) is 0 Å².